The van der Waals surface area contributed by atoms with Crippen molar-refractivity contribution in [1.29, 1.82) is 0 Å². The number of hydrogen-bond donors (Lipinski definition) is 0. The number of Topliss-reactive ketones (excluding diaryl/α,β-unsaturated/α-hetero) is 1. The summed E-state index contributed by atoms with van der Waals surface area (Å²) in [4.78, 5) is 13.3. The molecule has 0 spiro atoms. The molecule has 0 aromatic carbocycles. The molecule has 4 heteroatoms. The van der Waals surface area contributed by atoms with Crippen LogP contribution in [0.1, 0.15) is 31.4 Å². The second-order valence-corrected chi connectivity index (χ2v) is 3.90. The number of allylic oxidation sites excluding steroid dienone is 2. The van der Waals surface area contributed by atoms with Crippen LogP contribution < -0.4 is 0 Å². The van der Waals surface area contributed by atoms with E-state index in [9.17, 15) is 4.79 Å². The van der Waals surface area contributed by atoms with Gasteiger partial charge in [-0.3, -0.25) is 4.79 Å². The summed E-state index contributed by atoms with van der Waals surface area (Å²) in [5, 5.41) is 8.05. The van der Waals surface area contributed by atoms with Gasteiger partial charge < -0.3 is 0 Å². The van der Waals surface area contributed by atoms with Gasteiger partial charge in [-0.1, -0.05) is 6.08 Å². The normalized spacial score (nSPS) is 16.2. The molecule has 0 bridgehead atoms. The predicted octanol–water partition coefficient (Wildman–Crippen LogP) is 1.43. The number of aryl methyl sites for hydroxylation is 1. The van der Waals surface area contributed by atoms with Crippen LogP contribution >= 0.6 is 0 Å². The Labute approximate surface area is 89.0 Å². The highest BCUT2D eigenvalue weighted by Crippen LogP contribution is 2.19. The molecule has 0 N–H and O–H groups in total. The maximum Gasteiger partial charge on any atom is 0.164 e. The monoisotopic (exact) mass is 205 g/mol. The van der Waals surface area contributed by atoms with E-state index in [4.69, 9.17) is 0 Å². The Bertz CT molecular complexity index is 392. The average molecular weight is 205 g/mol. The van der Waals surface area contributed by atoms with E-state index in [0.717, 1.165) is 30.5 Å². The van der Waals surface area contributed by atoms with E-state index in [2.05, 4.69) is 16.3 Å². The van der Waals surface area contributed by atoms with Gasteiger partial charge in [0.2, 0.25) is 0 Å². The van der Waals surface area contributed by atoms with E-state index in [1.54, 1.807) is 13.2 Å². The molecule has 2 rings (SSSR count). The summed E-state index contributed by atoms with van der Waals surface area (Å²) in [7, 11) is 1.76. The lowest BCUT2D eigenvalue weighted by Gasteiger charge is -2.10. The van der Waals surface area contributed by atoms with Gasteiger partial charge in [-0.05, 0) is 31.3 Å². The van der Waals surface area contributed by atoms with Crippen LogP contribution in [0.3, 0.4) is 0 Å². The van der Waals surface area contributed by atoms with Gasteiger partial charge in [0.15, 0.2) is 5.78 Å². The molecule has 0 fully saturated rings. The van der Waals surface area contributed by atoms with Gasteiger partial charge in [-0.25, -0.2) is 0 Å². The number of hydrogen-bond acceptors (Lipinski definition) is 3. The van der Waals surface area contributed by atoms with E-state index in [1.165, 1.54) is 11.2 Å². The second kappa shape index (κ2) is 4.38. The molecule has 0 saturated carbocycles. The van der Waals surface area contributed by atoms with Gasteiger partial charge in [-0.15, -0.1) is 0 Å². The van der Waals surface area contributed by atoms with Crippen molar-refractivity contribution >= 4 is 5.78 Å². The number of nitrogens with zero attached hydrogens (tertiary/aromatic N) is 3. The number of carbonyl (C=O) groups is 1. The summed E-state index contributed by atoms with van der Waals surface area (Å²) < 4.78 is 0. The summed E-state index contributed by atoms with van der Waals surface area (Å²) in [6, 6.07) is 0. The van der Waals surface area contributed by atoms with Crippen LogP contribution in [-0.4, -0.2) is 20.8 Å². The Morgan fingerprint density at radius 3 is 3.00 bits per heavy atom. The van der Waals surface area contributed by atoms with E-state index in [-0.39, 0.29) is 5.78 Å². The summed E-state index contributed by atoms with van der Waals surface area (Å²) in [6.45, 7) is 0. The summed E-state index contributed by atoms with van der Waals surface area (Å²) in [5.41, 5.74) is 1.74. The van der Waals surface area contributed by atoms with Gasteiger partial charge in [0.25, 0.3) is 0 Å². The Hall–Kier alpha value is -1.45. The predicted molar refractivity (Wildman–Crippen MR) is 56.3 cm³/mol. The van der Waals surface area contributed by atoms with E-state index < -0.39 is 0 Å². The molecule has 4 nitrogen and oxygen atoms in total. The van der Waals surface area contributed by atoms with Crippen molar-refractivity contribution in [3.8, 4) is 0 Å². The molecule has 15 heavy (non-hydrogen) atoms. The maximum atomic E-state index is 11.8. The van der Waals surface area contributed by atoms with Crippen LogP contribution in [0.4, 0.5) is 0 Å². The molecule has 0 amide bonds. The number of aromatic nitrogens is 3. The first kappa shape index (κ1) is 10.1. The SMILES string of the molecule is Cn1ncc(CC(=O)C2=CCCCC2)n1. The van der Waals surface area contributed by atoms with Gasteiger partial charge in [0.1, 0.15) is 0 Å². The molecule has 1 aliphatic rings. The minimum absolute atomic E-state index is 0.204. The number of rotatable bonds is 3. The highest BCUT2D eigenvalue weighted by molar-refractivity contribution is 5.96. The minimum Gasteiger partial charge on any atom is -0.294 e. The number of ketones is 1. The zero-order valence-electron chi connectivity index (χ0n) is 8.94. The van der Waals surface area contributed by atoms with Gasteiger partial charge in [0, 0.05) is 7.05 Å². The second-order valence-electron chi connectivity index (χ2n) is 3.90. The van der Waals surface area contributed by atoms with Crippen molar-refractivity contribution < 1.29 is 4.79 Å². The van der Waals surface area contributed by atoms with Gasteiger partial charge in [-0.2, -0.15) is 15.0 Å². The molecular weight excluding hydrogens is 190 g/mol. The fourth-order valence-electron chi connectivity index (χ4n) is 1.84. The van der Waals surface area contributed by atoms with E-state index in [0.29, 0.717) is 6.42 Å². The topological polar surface area (TPSA) is 47.8 Å². The molecule has 1 aromatic rings. The first-order chi connectivity index (χ1) is 7.25. The Kier molecular flexibility index (Phi) is 2.94. The fourth-order valence-corrected chi connectivity index (χ4v) is 1.84. The zero-order valence-corrected chi connectivity index (χ0v) is 8.94. The minimum atomic E-state index is 0.204. The Morgan fingerprint density at radius 1 is 1.53 bits per heavy atom. The smallest absolute Gasteiger partial charge is 0.164 e. The third-order valence-electron chi connectivity index (χ3n) is 2.64. The molecule has 80 valence electrons. The highest BCUT2D eigenvalue weighted by Gasteiger charge is 2.14. The Morgan fingerprint density at radius 2 is 2.40 bits per heavy atom. The first-order valence-electron chi connectivity index (χ1n) is 5.33. The summed E-state index contributed by atoms with van der Waals surface area (Å²) in [6.07, 6.45) is 8.43. The van der Waals surface area contributed by atoms with Crippen molar-refractivity contribution in [3.05, 3.63) is 23.5 Å². The lowest BCUT2D eigenvalue weighted by atomic mass is 9.95. The van der Waals surface area contributed by atoms with Crippen LogP contribution in [0.5, 0.6) is 0 Å². The van der Waals surface area contributed by atoms with E-state index >= 15 is 0 Å². The molecule has 0 saturated heterocycles. The lowest BCUT2D eigenvalue weighted by molar-refractivity contribution is -0.115. The van der Waals surface area contributed by atoms with Crippen molar-refractivity contribution in [2.75, 3.05) is 0 Å². The third-order valence-corrected chi connectivity index (χ3v) is 2.64. The van der Waals surface area contributed by atoms with Crippen LogP contribution in [-0.2, 0) is 18.3 Å². The largest absolute Gasteiger partial charge is 0.294 e. The molecule has 0 aliphatic heterocycles. The average Bonchev–Trinajstić information content (AvgIpc) is 2.65. The van der Waals surface area contributed by atoms with Crippen LogP contribution in [0.25, 0.3) is 0 Å². The standard InChI is InChI=1S/C11H15N3O/c1-14-12-8-10(13-14)7-11(15)9-5-3-2-4-6-9/h5,8H,2-4,6-7H2,1H3. The van der Waals surface area contributed by atoms with Crippen molar-refractivity contribution in [3.63, 3.8) is 0 Å². The van der Waals surface area contributed by atoms with Gasteiger partial charge in [0.05, 0.1) is 18.3 Å². The molecular formula is C11H15N3O. The van der Waals surface area contributed by atoms with Crippen molar-refractivity contribution in [1.82, 2.24) is 15.0 Å². The van der Waals surface area contributed by atoms with Gasteiger partial charge >= 0.3 is 0 Å². The van der Waals surface area contributed by atoms with E-state index in [1.807, 2.05) is 0 Å². The van der Waals surface area contributed by atoms with Crippen LogP contribution in [0, 0.1) is 0 Å². The molecule has 1 heterocycles. The molecule has 0 atom stereocenters. The summed E-state index contributed by atoms with van der Waals surface area (Å²) in [5.74, 6) is 0.204. The van der Waals surface area contributed by atoms with Crippen molar-refractivity contribution in [2.24, 2.45) is 7.05 Å². The quantitative estimate of drug-likeness (QED) is 0.750. The van der Waals surface area contributed by atoms with Crippen LogP contribution in [0.2, 0.25) is 0 Å². The molecule has 1 aromatic heterocycles. The Balaban J connectivity index is 2.00. The highest BCUT2D eigenvalue weighted by atomic mass is 16.1. The lowest BCUT2D eigenvalue weighted by Crippen LogP contribution is -2.09. The van der Waals surface area contributed by atoms with Crippen molar-refractivity contribution in [2.45, 2.75) is 32.1 Å². The molecule has 0 unspecified atom stereocenters. The zero-order chi connectivity index (χ0) is 10.7. The fraction of sp³-hybridized carbons (Fsp3) is 0.545. The first-order valence-corrected chi connectivity index (χ1v) is 5.33. The number of carbonyl (C=O) groups excluding carboxylic acids is 1. The molecule has 1 aliphatic carbocycles. The summed E-state index contributed by atoms with van der Waals surface area (Å²) >= 11 is 0. The third kappa shape index (κ3) is 2.52. The maximum absolute atomic E-state index is 11.8. The van der Waals surface area contributed by atoms with Crippen LogP contribution in [0.15, 0.2) is 17.8 Å². The molecule has 0 radical (unpaired) electrons.